The van der Waals surface area contributed by atoms with E-state index >= 15 is 0 Å². The molecule has 1 aromatic rings. The van der Waals surface area contributed by atoms with Gasteiger partial charge in [0.25, 0.3) is 5.91 Å². The summed E-state index contributed by atoms with van der Waals surface area (Å²) in [5.41, 5.74) is 0.992. The first kappa shape index (κ1) is 14.6. The lowest BCUT2D eigenvalue weighted by atomic mass is 10.1. The molecule has 0 spiro atoms. The van der Waals surface area contributed by atoms with Crippen LogP contribution in [0, 0.1) is 0 Å². The number of rotatable bonds is 4. The van der Waals surface area contributed by atoms with Crippen LogP contribution in [0.4, 0.5) is 0 Å². The third-order valence-corrected chi connectivity index (χ3v) is 2.93. The molecule has 0 saturated carbocycles. The molecule has 0 bridgehead atoms. The van der Waals surface area contributed by atoms with Crippen molar-refractivity contribution in [1.82, 2.24) is 5.32 Å². The Morgan fingerprint density at radius 2 is 2.10 bits per heavy atom. The van der Waals surface area contributed by atoms with Gasteiger partial charge in [0, 0.05) is 6.54 Å². The van der Waals surface area contributed by atoms with Crippen LogP contribution in [0.3, 0.4) is 0 Å². The molecule has 1 amide bonds. The molecule has 0 aromatic heterocycles. The largest absolute Gasteiger partial charge is 0.476 e. The highest BCUT2D eigenvalue weighted by molar-refractivity contribution is 6.67. The van der Waals surface area contributed by atoms with Gasteiger partial charge in [-0.05, 0) is 18.9 Å². The van der Waals surface area contributed by atoms with Gasteiger partial charge in [-0.1, -0.05) is 36.4 Å². The van der Waals surface area contributed by atoms with Crippen LogP contribution in [0.15, 0.2) is 52.1 Å². The predicted molar refractivity (Wildman–Crippen MR) is 79.4 cm³/mol. The van der Waals surface area contributed by atoms with Crippen molar-refractivity contribution in [1.29, 1.82) is 0 Å². The molecule has 0 radical (unpaired) electrons. The number of allylic oxidation sites excluding steroid dienone is 1. The van der Waals surface area contributed by atoms with E-state index in [1.165, 1.54) is 6.08 Å². The van der Waals surface area contributed by atoms with Gasteiger partial charge in [0.05, 0.1) is 0 Å². The van der Waals surface area contributed by atoms with Crippen LogP contribution in [0.25, 0.3) is 0 Å². The van der Waals surface area contributed by atoms with Gasteiger partial charge >= 0.3 is 5.97 Å². The van der Waals surface area contributed by atoms with Crippen LogP contribution in [0.2, 0.25) is 0 Å². The van der Waals surface area contributed by atoms with Crippen molar-refractivity contribution in [2.45, 2.75) is 13.3 Å². The second-order valence-electron chi connectivity index (χ2n) is 4.36. The molecule has 0 fully saturated rings. The lowest BCUT2D eigenvalue weighted by molar-refractivity contribution is -0.129. The Balaban J connectivity index is 2.16. The molecule has 6 nitrogen and oxygen atoms in total. The number of carbonyl (C=O) groups excluding carboxylic acids is 1. The molecule has 1 aromatic carbocycles. The fourth-order valence-electron chi connectivity index (χ4n) is 1.86. The number of nitrogens with zero attached hydrogens (tertiary/aromatic N) is 2. The number of aliphatic imine (C=N–C) groups is 2. The van der Waals surface area contributed by atoms with E-state index in [2.05, 4.69) is 15.3 Å². The third kappa shape index (κ3) is 3.62. The highest BCUT2D eigenvalue weighted by Crippen LogP contribution is 2.04. The van der Waals surface area contributed by atoms with Crippen LogP contribution in [-0.2, 0) is 16.0 Å². The quantitative estimate of drug-likeness (QED) is 0.813. The molecule has 1 aliphatic heterocycles. The summed E-state index contributed by atoms with van der Waals surface area (Å²) in [6.07, 6.45) is 2.22. The molecule has 2 N–H and O–H groups in total. The summed E-state index contributed by atoms with van der Waals surface area (Å²) in [5.74, 6) is -1.76. The minimum absolute atomic E-state index is 0.117. The maximum Gasteiger partial charge on any atom is 0.358 e. The van der Waals surface area contributed by atoms with Crippen LogP contribution >= 0.6 is 0 Å². The van der Waals surface area contributed by atoms with Crippen molar-refractivity contribution in [3.8, 4) is 0 Å². The van der Waals surface area contributed by atoms with Crippen LogP contribution in [0.5, 0.6) is 0 Å². The number of benzene rings is 1. The third-order valence-electron chi connectivity index (χ3n) is 2.93. The topological polar surface area (TPSA) is 91.1 Å². The van der Waals surface area contributed by atoms with Gasteiger partial charge in [0.1, 0.15) is 5.70 Å². The summed E-state index contributed by atoms with van der Waals surface area (Å²) in [4.78, 5) is 30.4. The highest BCUT2D eigenvalue weighted by atomic mass is 16.4. The van der Waals surface area contributed by atoms with Gasteiger partial charge in [-0.25, -0.2) is 4.79 Å². The first-order valence-electron chi connectivity index (χ1n) is 6.50. The SMILES string of the molecule is CC=C1NC(=NCCc2ccccc2)C(C(=O)O)=NC1=O. The average molecular weight is 285 g/mol. The van der Waals surface area contributed by atoms with Crippen molar-refractivity contribution in [2.24, 2.45) is 9.98 Å². The minimum Gasteiger partial charge on any atom is -0.476 e. The summed E-state index contributed by atoms with van der Waals surface area (Å²) >= 11 is 0. The van der Waals surface area contributed by atoms with Gasteiger partial charge in [-0.2, -0.15) is 4.99 Å². The standard InChI is InChI=1S/C15H15N3O3/c1-2-11-14(19)18-12(15(20)21)13(17-11)16-9-8-10-6-4-3-5-7-10/h2-7H,8-9H2,1H3,(H,16,17)(H,20,21). The van der Waals surface area contributed by atoms with Crippen LogP contribution in [0.1, 0.15) is 12.5 Å². The van der Waals surface area contributed by atoms with Crippen LogP contribution in [-0.4, -0.2) is 35.1 Å². The minimum atomic E-state index is -1.27. The Labute approximate surface area is 121 Å². The lowest BCUT2D eigenvalue weighted by Crippen LogP contribution is -2.42. The van der Waals surface area contributed by atoms with E-state index in [-0.39, 0.29) is 17.2 Å². The number of amidine groups is 1. The Morgan fingerprint density at radius 3 is 2.71 bits per heavy atom. The molecular formula is C15H15N3O3. The first-order valence-corrected chi connectivity index (χ1v) is 6.50. The van der Waals surface area contributed by atoms with Gasteiger partial charge in [0.2, 0.25) is 0 Å². The van der Waals surface area contributed by atoms with E-state index in [1.54, 1.807) is 6.92 Å². The van der Waals surface area contributed by atoms with Gasteiger partial charge in [0.15, 0.2) is 11.5 Å². The number of nitrogens with one attached hydrogen (secondary N) is 1. The van der Waals surface area contributed by atoms with Crippen molar-refractivity contribution in [3.63, 3.8) is 0 Å². The van der Waals surface area contributed by atoms with E-state index < -0.39 is 11.9 Å². The van der Waals surface area contributed by atoms with Gasteiger partial charge in [-0.15, -0.1) is 0 Å². The molecule has 1 heterocycles. The number of carbonyl (C=O) groups is 2. The number of carboxylic acid groups (broad SMARTS) is 1. The summed E-state index contributed by atoms with van der Waals surface area (Å²) in [6, 6.07) is 9.74. The van der Waals surface area contributed by atoms with Crippen LogP contribution < -0.4 is 5.32 Å². The zero-order valence-corrected chi connectivity index (χ0v) is 11.5. The zero-order valence-electron chi connectivity index (χ0n) is 11.5. The molecule has 0 aliphatic carbocycles. The maximum atomic E-state index is 11.5. The fourth-order valence-corrected chi connectivity index (χ4v) is 1.86. The normalized spacial score (nSPS) is 18.5. The monoisotopic (exact) mass is 285 g/mol. The number of aliphatic carboxylic acids is 1. The number of hydrogen-bond acceptors (Lipinski definition) is 3. The van der Waals surface area contributed by atoms with E-state index in [4.69, 9.17) is 5.11 Å². The highest BCUT2D eigenvalue weighted by Gasteiger charge is 2.26. The lowest BCUT2D eigenvalue weighted by Gasteiger charge is -2.15. The molecule has 2 rings (SSSR count). The maximum absolute atomic E-state index is 11.5. The second kappa shape index (κ2) is 6.60. The van der Waals surface area contributed by atoms with Crippen molar-refractivity contribution in [3.05, 3.63) is 47.7 Å². The smallest absolute Gasteiger partial charge is 0.358 e. The van der Waals surface area contributed by atoms with Crippen molar-refractivity contribution >= 4 is 23.4 Å². The van der Waals surface area contributed by atoms with Gasteiger partial charge in [-0.3, -0.25) is 9.79 Å². The Kier molecular flexibility index (Phi) is 4.61. The predicted octanol–water partition coefficient (Wildman–Crippen LogP) is 1.19. The van der Waals surface area contributed by atoms with E-state index in [0.29, 0.717) is 13.0 Å². The Bertz CT molecular complexity index is 645. The summed E-state index contributed by atoms with van der Waals surface area (Å²) in [6.45, 7) is 2.08. The van der Waals surface area contributed by atoms with Crippen molar-refractivity contribution in [2.75, 3.05) is 6.54 Å². The summed E-state index contributed by atoms with van der Waals surface area (Å²) in [5, 5.41) is 11.8. The molecule has 0 unspecified atom stereocenters. The summed E-state index contributed by atoms with van der Waals surface area (Å²) < 4.78 is 0. The Morgan fingerprint density at radius 1 is 1.38 bits per heavy atom. The molecular weight excluding hydrogens is 270 g/mol. The van der Waals surface area contributed by atoms with E-state index in [9.17, 15) is 9.59 Å². The molecule has 108 valence electrons. The molecule has 1 aliphatic rings. The molecule has 0 atom stereocenters. The summed E-state index contributed by atoms with van der Waals surface area (Å²) in [7, 11) is 0. The number of hydrogen-bond donors (Lipinski definition) is 2. The average Bonchev–Trinajstić information content (AvgIpc) is 2.49. The Hall–Kier alpha value is -2.76. The second-order valence-corrected chi connectivity index (χ2v) is 4.36. The van der Waals surface area contributed by atoms with E-state index in [1.807, 2.05) is 30.3 Å². The van der Waals surface area contributed by atoms with Crippen molar-refractivity contribution < 1.29 is 14.7 Å². The zero-order chi connectivity index (χ0) is 15.2. The molecule has 21 heavy (non-hydrogen) atoms. The molecule has 6 heteroatoms. The molecule has 0 saturated heterocycles. The van der Waals surface area contributed by atoms with E-state index in [0.717, 1.165) is 5.56 Å². The first-order chi connectivity index (χ1) is 10.1. The fraction of sp³-hybridized carbons (Fsp3) is 0.200. The van der Waals surface area contributed by atoms with Gasteiger partial charge < -0.3 is 10.4 Å². The number of carboxylic acids is 1. The number of amides is 1.